The van der Waals surface area contributed by atoms with E-state index in [1.165, 1.54) is 0 Å². The molecule has 1 aliphatic heterocycles. The lowest BCUT2D eigenvalue weighted by atomic mass is 9.95. The molecule has 120 valence electrons. The minimum absolute atomic E-state index is 0.0214. The van der Waals surface area contributed by atoms with Crippen molar-refractivity contribution >= 4 is 27.8 Å². The van der Waals surface area contributed by atoms with Crippen molar-refractivity contribution in [3.63, 3.8) is 0 Å². The highest BCUT2D eigenvalue weighted by Gasteiger charge is 2.35. The van der Waals surface area contributed by atoms with Gasteiger partial charge in [0.2, 0.25) is 0 Å². The number of carbonyl (C=O) groups excluding carboxylic acids is 2. The summed E-state index contributed by atoms with van der Waals surface area (Å²) in [7, 11) is 0. The molecule has 1 atom stereocenters. The zero-order valence-corrected chi connectivity index (χ0v) is 14.9. The van der Waals surface area contributed by atoms with Gasteiger partial charge in [-0.1, -0.05) is 28.1 Å². The van der Waals surface area contributed by atoms with E-state index in [4.69, 9.17) is 4.74 Å². The first-order valence-corrected chi connectivity index (χ1v) is 8.36. The number of piperidine rings is 1. The van der Waals surface area contributed by atoms with Crippen molar-refractivity contribution in [1.29, 1.82) is 0 Å². The molecule has 2 rings (SSSR count). The Morgan fingerprint density at radius 2 is 2.00 bits per heavy atom. The molecule has 1 amide bonds. The Balaban J connectivity index is 2.19. The van der Waals surface area contributed by atoms with E-state index < -0.39 is 17.7 Å². The van der Waals surface area contributed by atoms with Crippen molar-refractivity contribution in [3.8, 4) is 0 Å². The number of halogens is 1. The Morgan fingerprint density at radius 1 is 1.27 bits per heavy atom. The van der Waals surface area contributed by atoms with Crippen LogP contribution < -0.4 is 0 Å². The second-order valence-corrected chi connectivity index (χ2v) is 7.48. The predicted molar refractivity (Wildman–Crippen MR) is 89.1 cm³/mol. The number of ketones is 1. The number of carbonyl (C=O) groups is 2. The van der Waals surface area contributed by atoms with Crippen LogP contribution >= 0.6 is 15.9 Å². The number of hydrogen-bond acceptors (Lipinski definition) is 3. The van der Waals surface area contributed by atoms with Gasteiger partial charge in [0, 0.05) is 16.6 Å². The smallest absolute Gasteiger partial charge is 0.410 e. The van der Waals surface area contributed by atoms with Gasteiger partial charge >= 0.3 is 6.09 Å². The first kappa shape index (κ1) is 17.0. The van der Waals surface area contributed by atoms with E-state index in [2.05, 4.69) is 15.9 Å². The third kappa shape index (κ3) is 4.32. The van der Waals surface area contributed by atoms with Crippen LogP contribution in [0.25, 0.3) is 0 Å². The molecular weight excluding hydrogens is 346 g/mol. The summed E-state index contributed by atoms with van der Waals surface area (Å²) in [5, 5.41) is 0. The second kappa shape index (κ2) is 6.82. The van der Waals surface area contributed by atoms with Crippen molar-refractivity contribution < 1.29 is 14.3 Å². The molecule has 0 aromatic heterocycles. The van der Waals surface area contributed by atoms with Crippen molar-refractivity contribution in [2.24, 2.45) is 0 Å². The number of Topliss-reactive ketones (excluding diaryl/α,β-unsaturated/α-hetero) is 1. The van der Waals surface area contributed by atoms with Gasteiger partial charge in [-0.05, 0) is 52.2 Å². The lowest BCUT2D eigenvalue weighted by molar-refractivity contribution is 0.0105. The van der Waals surface area contributed by atoms with Crippen LogP contribution in [0.3, 0.4) is 0 Å². The van der Waals surface area contributed by atoms with Crippen LogP contribution in [0.5, 0.6) is 0 Å². The molecule has 1 aromatic rings. The zero-order valence-electron chi connectivity index (χ0n) is 13.3. The average molecular weight is 368 g/mol. The number of ether oxygens (including phenoxy) is 1. The Bertz CT molecular complexity index is 565. The summed E-state index contributed by atoms with van der Waals surface area (Å²) >= 11 is 3.38. The van der Waals surface area contributed by atoms with Gasteiger partial charge in [0.15, 0.2) is 5.78 Å². The van der Waals surface area contributed by atoms with Crippen molar-refractivity contribution in [2.45, 2.75) is 51.7 Å². The summed E-state index contributed by atoms with van der Waals surface area (Å²) in [5.74, 6) is -0.0214. The number of benzene rings is 1. The second-order valence-electron chi connectivity index (χ2n) is 6.56. The Hall–Kier alpha value is -1.36. The molecule has 0 spiro atoms. The molecule has 0 saturated carbocycles. The summed E-state index contributed by atoms with van der Waals surface area (Å²) in [6.07, 6.45) is 2.14. The standard InChI is InChI=1S/C17H22BrNO3/c1-17(2,3)22-16(21)19-10-5-4-9-14(19)15(20)12-7-6-8-13(18)11-12/h6-8,11,14H,4-5,9-10H2,1-3H3/t14-/m0/s1. The fraction of sp³-hybridized carbons (Fsp3) is 0.529. The van der Waals surface area contributed by atoms with E-state index in [1.54, 1.807) is 17.0 Å². The summed E-state index contributed by atoms with van der Waals surface area (Å²) in [6, 6.07) is 6.86. The molecule has 1 heterocycles. The number of hydrogen-bond donors (Lipinski definition) is 0. The number of likely N-dealkylation sites (tertiary alicyclic amines) is 1. The summed E-state index contributed by atoms with van der Waals surface area (Å²) in [6.45, 7) is 6.07. The molecule has 1 fully saturated rings. The first-order chi connectivity index (χ1) is 10.3. The van der Waals surface area contributed by atoms with Gasteiger partial charge in [0.25, 0.3) is 0 Å². The molecule has 0 unspecified atom stereocenters. The van der Waals surface area contributed by atoms with Crippen LogP contribution in [-0.4, -0.2) is 35.0 Å². The lowest BCUT2D eigenvalue weighted by Gasteiger charge is -2.35. The third-order valence-corrected chi connectivity index (χ3v) is 4.04. The van der Waals surface area contributed by atoms with Crippen molar-refractivity contribution in [2.75, 3.05) is 6.54 Å². The van der Waals surface area contributed by atoms with Gasteiger partial charge in [0.05, 0.1) is 6.04 Å². The maximum atomic E-state index is 12.8. The normalized spacial score (nSPS) is 18.9. The average Bonchev–Trinajstić information content (AvgIpc) is 2.44. The SMILES string of the molecule is CC(C)(C)OC(=O)N1CCCC[C@H]1C(=O)c1cccc(Br)c1. The van der Waals surface area contributed by atoms with Gasteiger partial charge in [-0.25, -0.2) is 4.79 Å². The van der Waals surface area contributed by atoms with Crippen LogP contribution in [0.2, 0.25) is 0 Å². The summed E-state index contributed by atoms with van der Waals surface area (Å²) in [4.78, 5) is 26.7. The summed E-state index contributed by atoms with van der Waals surface area (Å²) in [5.41, 5.74) is 0.0626. The number of amides is 1. The highest BCUT2D eigenvalue weighted by molar-refractivity contribution is 9.10. The van der Waals surface area contributed by atoms with Crippen LogP contribution in [0.4, 0.5) is 4.79 Å². The lowest BCUT2D eigenvalue weighted by Crippen LogP contribution is -2.49. The predicted octanol–water partition coefficient (Wildman–Crippen LogP) is 4.42. The minimum atomic E-state index is -0.558. The molecule has 1 aromatic carbocycles. The highest BCUT2D eigenvalue weighted by atomic mass is 79.9. The van der Waals surface area contributed by atoms with E-state index in [1.807, 2.05) is 32.9 Å². The van der Waals surface area contributed by atoms with Crippen LogP contribution in [0.15, 0.2) is 28.7 Å². The van der Waals surface area contributed by atoms with Crippen LogP contribution in [-0.2, 0) is 4.74 Å². The maximum absolute atomic E-state index is 12.8. The molecule has 4 nitrogen and oxygen atoms in total. The monoisotopic (exact) mass is 367 g/mol. The Morgan fingerprint density at radius 3 is 2.64 bits per heavy atom. The third-order valence-electron chi connectivity index (χ3n) is 3.54. The molecule has 22 heavy (non-hydrogen) atoms. The van der Waals surface area contributed by atoms with Gasteiger partial charge in [-0.15, -0.1) is 0 Å². The topological polar surface area (TPSA) is 46.6 Å². The largest absolute Gasteiger partial charge is 0.444 e. The Labute approximate surface area is 140 Å². The van der Waals surface area contributed by atoms with Crippen LogP contribution in [0.1, 0.15) is 50.4 Å². The highest BCUT2D eigenvalue weighted by Crippen LogP contribution is 2.24. The van der Waals surface area contributed by atoms with E-state index in [9.17, 15) is 9.59 Å². The van der Waals surface area contributed by atoms with Gasteiger partial charge in [-0.2, -0.15) is 0 Å². The van der Waals surface area contributed by atoms with Crippen LogP contribution in [0, 0.1) is 0 Å². The van der Waals surface area contributed by atoms with Crippen molar-refractivity contribution in [1.82, 2.24) is 4.90 Å². The fourth-order valence-corrected chi connectivity index (χ4v) is 2.98. The van der Waals surface area contributed by atoms with Gasteiger partial charge < -0.3 is 4.74 Å². The number of rotatable bonds is 2. The minimum Gasteiger partial charge on any atom is -0.444 e. The summed E-state index contributed by atoms with van der Waals surface area (Å²) < 4.78 is 6.30. The van der Waals surface area contributed by atoms with E-state index in [0.717, 1.165) is 17.3 Å². The van der Waals surface area contributed by atoms with Gasteiger partial charge in [0.1, 0.15) is 5.60 Å². The fourth-order valence-electron chi connectivity index (χ4n) is 2.58. The molecular formula is C17H22BrNO3. The first-order valence-electron chi connectivity index (χ1n) is 7.57. The molecule has 0 radical (unpaired) electrons. The molecule has 0 bridgehead atoms. The van der Waals surface area contributed by atoms with Gasteiger partial charge in [-0.3, -0.25) is 9.69 Å². The van der Waals surface area contributed by atoms with Crippen molar-refractivity contribution in [3.05, 3.63) is 34.3 Å². The van der Waals surface area contributed by atoms with E-state index in [0.29, 0.717) is 18.5 Å². The quantitative estimate of drug-likeness (QED) is 0.726. The molecule has 5 heteroatoms. The van der Waals surface area contributed by atoms with E-state index in [-0.39, 0.29) is 5.78 Å². The maximum Gasteiger partial charge on any atom is 0.410 e. The molecule has 0 aliphatic carbocycles. The Kier molecular flexibility index (Phi) is 5.27. The molecule has 1 aliphatic rings. The number of nitrogens with zero attached hydrogens (tertiary/aromatic N) is 1. The zero-order chi connectivity index (χ0) is 16.3. The molecule has 0 N–H and O–H groups in total. The molecule has 1 saturated heterocycles. The van der Waals surface area contributed by atoms with E-state index >= 15 is 0 Å².